The summed E-state index contributed by atoms with van der Waals surface area (Å²) in [4.78, 5) is 13.9. The molecular weight excluding hydrogens is 430 g/mol. The summed E-state index contributed by atoms with van der Waals surface area (Å²) < 4.78 is 1.08. The number of piperidine rings is 1. The Labute approximate surface area is 171 Å². The van der Waals surface area contributed by atoms with E-state index >= 15 is 0 Å². The molecule has 6 heteroatoms. The Bertz CT molecular complexity index is 944. The molecule has 2 unspecified atom stereocenters. The molecule has 0 radical (unpaired) electrons. The van der Waals surface area contributed by atoms with Gasteiger partial charge in [-0.15, -0.1) is 11.3 Å². The first-order valence-corrected chi connectivity index (χ1v) is 11.0. The number of aromatic nitrogens is 2. The molecule has 0 amide bonds. The molecular formula is C20H21BrClN3S. The van der Waals surface area contributed by atoms with E-state index in [4.69, 9.17) is 16.6 Å². The first-order valence-electron chi connectivity index (χ1n) is 8.96. The van der Waals surface area contributed by atoms with Crippen molar-refractivity contribution in [2.24, 2.45) is 0 Å². The van der Waals surface area contributed by atoms with Crippen LogP contribution < -0.4 is 4.90 Å². The van der Waals surface area contributed by atoms with Gasteiger partial charge in [0.25, 0.3) is 0 Å². The van der Waals surface area contributed by atoms with Gasteiger partial charge in [-0.3, -0.25) is 0 Å². The van der Waals surface area contributed by atoms with E-state index in [1.807, 2.05) is 0 Å². The van der Waals surface area contributed by atoms with Crippen LogP contribution in [0.15, 0.2) is 28.7 Å². The lowest BCUT2D eigenvalue weighted by molar-refractivity contribution is 0.412. The average Bonchev–Trinajstić information content (AvgIpc) is 2.91. The van der Waals surface area contributed by atoms with Crippen molar-refractivity contribution in [1.29, 1.82) is 0 Å². The zero-order valence-electron chi connectivity index (χ0n) is 15.1. The predicted octanol–water partition coefficient (Wildman–Crippen LogP) is 6.85. The van der Waals surface area contributed by atoms with Crippen molar-refractivity contribution in [1.82, 2.24) is 9.97 Å². The monoisotopic (exact) mass is 449 g/mol. The van der Waals surface area contributed by atoms with E-state index in [-0.39, 0.29) is 0 Å². The number of nitrogens with zero attached hydrogens (tertiary/aromatic N) is 3. The molecule has 1 aromatic carbocycles. The zero-order chi connectivity index (χ0) is 18.4. The van der Waals surface area contributed by atoms with Gasteiger partial charge in [-0.25, -0.2) is 4.98 Å². The van der Waals surface area contributed by atoms with E-state index in [1.54, 1.807) is 11.3 Å². The van der Waals surface area contributed by atoms with Gasteiger partial charge in [-0.1, -0.05) is 28.1 Å². The second kappa shape index (κ2) is 7.10. The van der Waals surface area contributed by atoms with Crippen LogP contribution >= 0.6 is 38.9 Å². The minimum atomic E-state index is 0.334. The summed E-state index contributed by atoms with van der Waals surface area (Å²) in [6.45, 7) is 6.73. The molecule has 3 nitrogen and oxygen atoms in total. The number of hydrogen-bond acceptors (Lipinski definition) is 4. The van der Waals surface area contributed by atoms with Crippen LogP contribution in [0.25, 0.3) is 21.3 Å². The van der Waals surface area contributed by atoms with E-state index in [9.17, 15) is 0 Å². The number of fused-ring (bicyclic) bond motifs is 1. The minimum absolute atomic E-state index is 0.334. The van der Waals surface area contributed by atoms with Crippen molar-refractivity contribution in [2.75, 3.05) is 4.90 Å². The van der Waals surface area contributed by atoms with Gasteiger partial charge in [-0.2, -0.15) is 4.98 Å². The van der Waals surface area contributed by atoms with E-state index in [0.29, 0.717) is 17.4 Å². The molecule has 1 saturated heterocycles. The van der Waals surface area contributed by atoms with E-state index in [2.05, 4.69) is 70.9 Å². The number of rotatable bonds is 2. The lowest BCUT2D eigenvalue weighted by atomic mass is 9.96. The molecule has 2 atom stereocenters. The van der Waals surface area contributed by atoms with Crippen molar-refractivity contribution < 1.29 is 0 Å². The van der Waals surface area contributed by atoms with E-state index < -0.39 is 0 Å². The van der Waals surface area contributed by atoms with Crippen LogP contribution in [-0.2, 0) is 0 Å². The SMILES string of the molecule is Cc1sc2nc(Cl)nc(N3C(C)CCCC3C)c2c1-c1ccc(Br)cc1. The second-order valence-electron chi connectivity index (χ2n) is 7.07. The normalized spacial score (nSPS) is 20.7. The summed E-state index contributed by atoms with van der Waals surface area (Å²) in [5.74, 6) is 0.988. The Morgan fingerprint density at radius 3 is 2.42 bits per heavy atom. The van der Waals surface area contributed by atoms with E-state index in [1.165, 1.54) is 35.3 Å². The molecule has 0 aliphatic carbocycles. The Morgan fingerprint density at radius 1 is 1.12 bits per heavy atom. The van der Waals surface area contributed by atoms with Crippen molar-refractivity contribution in [3.63, 3.8) is 0 Å². The molecule has 1 aliphatic rings. The lowest BCUT2D eigenvalue weighted by Gasteiger charge is -2.40. The van der Waals surface area contributed by atoms with Crippen molar-refractivity contribution in [2.45, 2.75) is 52.1 Å². The van der Waals surface area contributed by atoms with Gasteiger partial charge >= 0.3 is 0 Å². The van der Waals surface area contributed by atoms with Crippen molar-refractivity contribution in [3.8, 4) is 11.1 Å². The van der Waals surface area contributed by atoms with Gasteiger partial charge < -0.3 is 4.90 Å². The Morgan fingerprint density at radius 2 is 1.77 bits per heavy atom. The van der Waals surface area contributed by atoms with Crippen molar-refractivity contribution in [3.05, 3.63) is 38.9 Å². The topological polar surface area (TPSA) is 29.0 Å². The van der Waals surface area contributed by atoms with Crippen LogP contribution in [0.1, 0.15) is 38.0 Å². The molecule has 26 heavy (non-hydrogen) atoms. The molecule has 0 N–H and O–H groups in total. The van der Waals surface area contributed by atoms with Gasteiger partial charge in [0.2, 0.25) is 5.28 Å². The molecule has 1 aliphatic heterocycles. The fraction of sp³-hybridized carbons (Fsp3) is 0.400. The zero-order valence-corrected chi connectivity index (χ0v) is 18.2. The first-order chi connectivity index (χ1) is 12.5. The molecule has 4 rings (SSSR count). The van der Waals surface area contributed by atoms with Crippen LogP contribution in [0.5, 0.6) is 0 Å². The Hall–Kier alpha value is -1.17. The van der Waals surface area contributed by atoms with Crippen LogP contribution in [0.3, 0.4) is 0 Å². The highest BCUT2D eigenvalue weighted by Gasteiger charge is 2.30. The highest BCUT2D eigenvalue weighted by molar-refractivity contribution is 9.10. The minimum Gasteiger partial charge on any atom is -0.351 e. The Balaban J connectivity index is 1.99. The summed E-state index contributed by atoms with van der Waals surface area (Å²) in [6.07, 6.45) is 3.64. The second-order valence-corrected chi connectivity index (χ2v) is 9.53. The predicted molar refractivity (Wildman–Crippen MR) is 116 cm³/mol. The molecule has 2 aromatic heterocycles. The maximum Gasteiger partial charge on any atom is 0.225 e. The van der Waals surface area contributed by atoms with Gasteiger partial charge in [0.1, 0.15) is 10.6 Å². The number of hydrogen-bond donors (Lipinski definition) is 0. The molecule has 1 fully saturated rings. The molecule has 136 valence electrons. The summed E-state index contributed by atoms with van der Waals surface area (Å²) in [7, 11) is 0. The maximum atomic E-state index is 6.32. The third-order valence-corrected chi connectivity index (χ3v) is 6.95. The number of benzene rings is 1. The average molecular weight is 451 g/mol. The largest absolute Gasteiger partial charge is 0.351 e. The third-order valence-electron chi connectivity index (χ3n) is 5.25. The van der Waals surface area contributed by atoms with Crippen LogP contribution in [0, 0.1) is 6.92 Å². The number of halogens is 2. The summed E-state index contributed by atoms with van der Waals surface area (Å²) in [6, 6.07) is 9.37. The van der Waals surface area contributed by atoms with E-state index in [0.717, 1.165) is 20.5 Å². The molecule has 0 spiro atoms. The molecule has 3 heterocycles. The Kier molecular flexibility index (Phi) is 4.97. The van der Waals surface area contributed by atoms with Gasteiger partial charge in [0.05, 0.1) is 5.39 Å². The fourth-order valence-electron chi connectivity index (χ4n) is 4.06. The van der Waals surface area contributed by atoms with Crippen LogP contribution in [-0.4, -0.2) is 22.1 Å². The third kappa shape index (κ3) is 3.14. The van der Waals surface area contributed by atoms with Crippen molar-refractivity contribution >= 4 is 54.9 Å². The number of thiophene rings is 1. The standard InChI is InChI=1S/C20H21BrClN3S/c1-11-5-4-6-12(2)25(11)18-17-16(14-7-9-15(21)10-8-14)13(3)26-19(17)24-20(22)23-18/h7-12H,4-6H2,1-3H3. The summed E-state index contributed by atoms with van der Waals surface area (Å²) in [5, 5.41) is 1.47. The van der Waals surface area contributed by atoms with Crippen LogP contribution in [0.4, 0.5) is 5.82 Å². The molecule has 0 bridgehead atoms. The highest BCUT2D eigenvalue weighted by Crippen LogP contribution is 2.44. The van der Waals surface area contributed by atoms with Crippen LogP contribution in [0.2, 0.25) is 5.28 Å². The smallest absolute Gasteiger partial charge is 0.225 e. The maximum absolute atomic E-state index is 6.32. The first kappa shape index (κ1) is 18.2. The number of aryl methyl sites for hydroxylation is 1. The molecule has 3 aromatic rings. The van der Waals surface area contributed by atoms with Gasteiger partial charge in [-0.05, 0) is 69.3 Å². The summed E-state index contributed by atoms with van der Waals surface area (Å²) >= 11 is 11.5. The highest BCUT2D eigenvalue weighted by atomic mass is 79.9. The summed E-state index contributed by atoms with van der Waals surface area (Å²) in [5.41, 5.74) is 2.43. The van der Waals surface area contributed by atoms with Gasteiger partial charge in [0.15, 0.2) is 0 Å². The van der Waals surface area contributed by atoms with Gasteiger partial charge in [0, 0.05) is 27.0 Å². The number of anilines is 1. The molecule has 0 saturated carbocycles. The quantitative estimate of drug-likeness (QED) is 0.400. The fourth-order valence-corrected chi connectivity index (χ4v) is 5.58. The lowest BCUT2D eigenvalue weighted by Crippen LogP contribution is -2.44.